The van der Waals surface area contributed by atoms with Crippen LogP contribution in [0.25, 0.3) is 0 Å². The highest BCUT2D eigenvalue weighted by atomic mass is 16.5. The molecule has 0 aliphatic carbocycles. The van der Waals surface area contributed by atoms with E-state index in [4.69, 9.17) is 14.9 Å². The largest absolute Gasteiger partial charge is 0.504 e. The van der Waals surface area contributed by atoms with Gasteiger partial charge in [-0.1, -0.05) is 6.07 Å². The standard InChI is InChI=1S/C11H10O6/c1-2-7(11(15)16)17-8-5-3-4-6(9(8)12)10(13)14/h2-5,12H,1H3,(H,13,14)(H,15,16)/b7-2+. The number of hydrogen-bond donors (Lipinski definition) is 3. The van der Waals surface area contributed by atoms with E-state index < -0.39 is 23.4 Å². The monoisotopic (exact) mass is 238 g/mol. The van der Waals surface area contributed by atoms with Gasteiger partial charge >= 0.3 is 11.9 Å². The smallest absolute Gasteiger partial charge is 0.371 e. The van der Waals surface area contributed by atoms with Crippen molar-refractivity contribution >= 4 is 11.9 Å². The van der Waals surface area contributed by atoms with Gasteiger partial charge in [-0.05, 0) is 25.1 Å². The van der Waals surface area contributed by atoms with Crippen LogP contribution >= 0.6 is 0 Å². The summed E-state index contributed by atoms with van der Waals surface area (Å²) in [7, 11) is 0. The van der Waals surface area contributed by atoms with E-state index in [1.165, 1.54) is 31.2 Å². The van der Waals surface area contributed by atoms with Gasteiger partial charge in [-0.25, -0.2) is 9.59 Å². The number of benzene rings is 1. The third kappa shape index (κ3) is 2.75. The lowest BCUT2D eigenvalue weighted by Crippen LogP contribution is -2.08. The van der Waals surface area contributed by atoms with E-state index in [-0.39, 0.29) is 11.3 Å². The predicted octanol–water partition coefficient (Wildman–Crippen LogP) is 1.46. The molecule has 0 aliphatic rings. The first-order chi connectivity index (χ1) is 7.97. The number of rotatable bonds is 4. The molecular formula is C11H10O6. The molecule has 3 N–H and O–H groups in total. The Hall–Kier alpha value is -2.50. The summed E-state index contributed by atoms with van der Waals surface area (Å²) in [4.78, 5) is 21.4. The zero-order valence-corrected chi connectivity index (χ0v) is 8.88. The number of carboxylic acids is 2. The van der Waals surface area contributed by atoms with Crippen molar-refractivity contribution in [1.29, 1.82) is 0 Å². The molecule has 1 rings (SSSR count). The second-order valence-corrected chi connectivity index (χ2v) is 3.02. The molecule has 6 nitrogen and oxygen atoms in total. The number of allylic oxidation sites excluding steroid dienone is 1. The van der Waals surface area contributed by atoms with Gasteiger partial charge in [0, 0.05) is 0 Å². The van der Waals surface area contributed by atoms with Crippen molar-refractivity contribution in [3.8, 4) is 11.5 Å². The first kappa shape index (κ1) is 12.6. The Balaban J connectivity index is 3.12. The molecule has 0 heterocycles. The predicted molar refractivity (Wildman–Crippen MR) is 57.1 cm³/mol. The van der Waals surface area contributed by atoms with Crippen molar-refractivity contribution in [2.24, 2.45) is 0 Å². The van der Waals surface area contributed by atoms with Gasteiger partial charge in [0.1, 0.15) is 5.56 Å². The Bertz CT molecular complexity index is 489. The van der Waals surface area contributed by atoms with Gasteiger partial charge < -0.3 is 20.1 Å². The molecule has 17 heavy (non-hydrogen) atoms. The maximum Gasteiger partial charge on any atom is 0.371 e. The lowest BCUT2D eigenvalue weighted by Gasteiger charge is -2.08. The topological polar surface area (TPSA) is 104 Å². The van der Waals surface area contributed by atoms with Crippen molar-refractivity contribution in [2.75, 3.05) is 0 Å². The summed E-state index contributed by atoms with van der Waals surface area (Å²) >= 11 is 0. The van der Waals surface area contributed by atoms with Crippen molar-refractivity contribution in [2.45, 2.75) is 6.92 Å². The van der Waals surface area contributed by atoms with Gasteiger partial charge in [0.2, 0.25) is 5.76 Å². The van der Waals surface area contributed by atoms with Crippen LogP contribution in [0.3, 0.4) is 0 Å². The maximum atomic E-state index is 10.7. The molecule has 1 aromatic rings. The Morgan fingerprint density at radius 1 is 1.29 bits per heavy atom. The van der Waals surface area contributed by atoms with Crippen LogP contribution in [-0.4, -0.2) is 27.3 Å². The molecule has 0 amide bonds. The van der Waals surface area contributed by atoms with Crippen molar-refractivity contribution in [3.05, 3.63) is 35.6 Å². The van der Waals surface area contributed by atoms with E-state index in [0.717, 1.165) is 0 Å². The van der Waals surface area contributed by atoms with Crippen LogP contribution in [0.5, 0.6) is 11.5 Å². The normalized spacial score (nSPS) is 11.0. The van der Waals surface area contributed by atoms with Gasteiger partial charge in [-0.2, -0.15) is 0 Å². The number of ether oxygens (including phenoxy) is 1. The fourth-order valence-electron chi connectivity index (χ4n) is 1.12. The van der Waals surface area contributed by atoms with E-state index in [2.05, 4.69) is 0 Å². The van der Waals surface area contributed by atoms with Crippen LogP contribution < -0.4 is 4.74 Å². The SMILES string of the molecule is C/C=C(/Oc1cccc(C(=O)O)c1O)C(=O)O. The fourth-order valence-corrected chi connectivity index (χ4v) is 1.12. The summed E-state index contributed by atoms with van der Waals surface area (Å²) < 4.78 is 4.89. The molecule has 1 aromatic carbocycles. The molecular weight excluding hydrogens is 228 g/mol. The number of phenols is 1. The third-order valence-corrected chi connectivity index (χ3v) is 1.92. The Labute approximate surface area is 96.4 Å². The van der Waals surface area contributed by atoms with Crippen LogP contribution in [-0.2, 0) is 4.79 Å². The van der Waals surface area contributed by atoms with Crippen LogP contribution in [0.2, 0.25) is 0 Å². The molecule has 0 fully saturated rings. The lowest BCUT2D eigenvalue weighted by molar-refractivity contribution is -0.135. The van der Waals surface area contributed by atoms with Gasteiger partial charge in [0.25, 0.3) is 0 Å². The molecule has 0 saturated heterocycles. The molecule has 0 aromatic heterocycles. The van der Waals surface area contributed by atoms with E-state index in [9.17, 15) is 14.7 Å². The molecule has 0 aliphatic heterocycles. The average Bonchev–Trinajstić information content (AvgIpc) is 2.26. The summed E-state index contributed by atoms with van der Waals surface area (Å²) in [5, 5.41) is 27.0. The zero-order chi connectivity index (χ0) is 13.0. The van der Waals surface area contributed by atoms with E-state index in [0.29, 0.717) is 0 Å². The number of hydrogen-bond acceptors (Lipinski definition) is 4. The molecule has 0 spiro atoms. The van der Waals surface area contributed by atoms with E-state index in [1.807, 2.05) is 0 Å². The quantitative estimate of drug-likeness (QED) is 0.541. The zero-order valence-electron chi connectivity index (χ0n) is 8.88. The van der Waals surface area contributed by atoms with Crippen LogP contribution in [0, 0.1) is 0 Å². The van der Waals surface area contributed by atoms with E-state index in [1.54, 1.807) is 0 Å². The first-order valence-electron chi connectivity index (χ1n) is 4.60. The van der Waals surface area contributed by atoms with E-state index >= 15 is 0 Å². The fraction of sp³-hybridized carbons (Fsp3) is 0.0909. The maximum absolute atomic E-state index is 10.7. The first-order valence-corrected chi connectivity index (χ1v) is 4.60. The Morgan fingerprint density at radius 2 is 1.94 bits per heavy atom. The van der Waals surface area contributed by atoms with Crippen LogP contribution in [0.1, 0.15) is 17.3 Å². The number of carbonyl (C=O) groups is 2. The molecule has 0 unspecified atom stereocenters. The number of para-hydroxylation sites is 1. The highest BCUT2D eigenvalue weighted by molar-refractivity contribution is 5.92. The minimum atomic E-state index is -1.33. The number of aromatic hydroxyl groups is 1. The van der Waals surface area contributed by atoms with Crippen molar-refractivity contribution in [3.63, 3.8) is 0 Å². The second-order valence-electron chi connectivity index (χ2n) is 3.02. The van der Waals surface area contributed by atoms with Gasteiger partial charge in [0.05, 0.1) is 0 Å². The summed E-state index contributed by atoms with van der Waals surface area (Å²) in [6.07, 6.45) is 1.19. The molecule has 0 saturated carbocycles. The number of aromatic carboxylic acids is 1. The molecule has 90 valence electrons. The third-order valence-electron chi connectivity index (χ3n) is 1.92. The Morgan fingerprint density at radius 3 is 2.41 bits per heavy atom. The number of carboxylic acid groups (broad SMARTS) is 2. The molecule has 0 radical (unpaired) electrons. The van der Waals surface area contributed by atoms with Gasteiger partial charge in [-0.3, -0.25) is 0 Å². The minimum absolute atomic E-state index is 0.222. The van der Waals surface area contributed by atoms with Crippen molar-refractivity contribution < 1.29 is 29.6 Å². The van der Waals surface area contributed by atoms with Crippen LogP contribution in [0.4, 0.5) is 0 Å². The summed E-state index contributed by atoms with van der Waals surface area (Å²) in [6, 6.07) is 3.79. The highest BCUT2D eigenvalue weighted by Crippen LogP contribution is 2.31. The summed E-state index contributed by atoms with van der Waals surface area (Å²) in [5.41, 5.74) is -0.358. The lowest BCUT2D eigenvalue weighted by atomic mass is 10.2. The summed E-state index contributed by atoms with van der Waals surface area (Å²) in [6.45, 7) is 1.45. The van der Waals surface area contributed by atoms with Gasteiger partial charge in [0.15, 0.2) is 11.5 Å². The van der Waals surface area contributed by atoms with Crippen LogP contribution in [0.15, 0.2) is 30.0 Å². The minimum Gasteiger partial charge on any atom is -0.504 e. The average molecular weight is 238 g/mol. The summed E-state index contributed by atoms with van der Waals surface area (Å²) in [5.74, 6) is -3.87. The van der Waals surface area contributed by atoms with Gasteiger partial charge in [-0.15, -0.1) is 0 Å². The molecule has 0 bridgehead atoms. The highest BCUT2D eigenvalue weighted by Gasteiger charge is 2.17. The number of aliphatic carboxylic acids is 1. The molecule has 0 atom stereocenters. The molecule has 6 heteroatoms. The Kier molecular flexibility index (Phi) is 3.71. The second kappa shape index (κ2) is 5.02. The van der Waals surface area contributed by atoms with Crippen molar-refractivity contribution in [1.82, 2.24) is 0 Å².